The van der Waals surface area contributed by atoms with E-state index in [1.807, 2.05) is 20.8 Å². The first-order valence-electron chi connectivity index (χ1n) is 6.70. The van der Waals surface area contributed by atoms with Gasteiger partial charge < -0.3 is 4.90 Å². The highest BCUT2D eigenvalue weighted by atomic mass is 16.1. The first-order valence-corrected chi connectivity index (χ1v) is 6.70. The van der Waals surface area contributed by atoms with Gasteiger partial charge in [0.1, 0.15) is 0 Å². The van der Waals surface area contributed by atoms with Gasteiger partial charge in [-0.3, -0.25) is 9.89 Å². The topological polar surface area (TPSA) is 66.3 Å². The lowest BCUT2D eigenvalue weighted by Gasteiger charge is -2.16. The van der Waals surface area contributed by atoms with Crippen molar-refractivity contribution in [1.29, 1.82) is 0 Å². The van der Waals surface area contributed by atoms with Crippen LogP contribution in [0.1, 0.15) is 39.3 Å². The van der Waals surface area contributed by atoms with E-state index >= 15 is 0 Å². The third-order valence-electron chi connectivity index (χ3n) is 3.49. The summed E-state index contributed by atoms with van der Waals surface area (Å²) >= 11 is 0. The summed E-state index contributed by atoms with van der Waals surface area (Å²) in [7, 11) is 0. The molecule has 1 aliphatic heterocycles. The molecule has 2 aromatic heterocycles. The van der Waals surface area contributed by atoms with Crippen LogP contribution in [0.3, 0.4) is 0 Å². The maximum atomic E-state index is 12.1. The lowest BCUT2D eigenvalue weighted by atomic mass is 9.92. The van der Waals surface area contributed by atoms with Crippen molar-refractivity contribution in [3.8, 4) is 0 Å². The highest BCUT2D eigenvalue weighted by Crippen LogP contribution is 2.20. The zero-order valence-corrected chi connectivity index (χ0v) is 11.6. The van der Waals surface area contributed by atoms with E-state index in [0.717, 1.165) is 24.7 Å². The molecule has 1 aliphatic rings. The van der Waals surface area contributed by atoms with Crippen LogP contribution in [-0.2, 0) is 5.41 Å². The second kappa shape index (κ2) is 4.08. The van der Waals surface area contributed by atoms with Gasteiger partial charge in [0.05, 0.1) is 5.69 Å². The van der Waals surface area contributed by atoms with Crippen LogP contribution in [0.4, 0.5) is 5.95 Å². The average Bonchev–Trinajstić information content (AvgIpc) is 2.95. The van der Waals surface area contributed by atoms with Crippen LogP contribution in [0.2, 0.25) is 0 Å². The van der Waals surface area contributed by atoms with Gasteiger partial charge in [-0.2, -0.15) is 9.50 Å². The van der Waals surface area contributed by atoms with Gasteiger partial charge in [0.15, 0.2) is 0 Å². The van der Waals surface area contributed by atoms with Crippen LogP contribution in [-0.4, -0.2) is 32.7 Å². The van der Waals surface area contributed by atoms with Crippen molar-refractivity contribution in [2.45, 2.75) is 39.0 Å². The molecule has 0 unspecified atom stereocenters. The number of H-pyrrole nitrogens is 1. The molecule has 2 aromatic rings. The molecule has 0 spiro atoms. The molecule has 3 heterocycles. The normalized spacial score (nSPS) is 16.5. The Kier molecular flexibility index (Phi) is 2.62. The second-order valence-corrected chi connectivity index (χ2v) is 6.11. The van der Waals surface area contributed by atoms with E-state index in [2.05, 4.69) is 20.0 Å². The Labute approximate surface area is 111 Å². The zero-order chi connectivity index (χ0) is 13.6. The van der Waals surface area contributed by atoms with E-state index in [1.54, 1.807) is 6.07 Å². The summed E-state index contributed by atoms with van der Waals surface area (Å²) in [4.78, 5) is 23.2. The van der Waals surface area contributed by atoms with Gasteiger partial charge in [-0.15, -0.1) is 0 Å². The maximum Gasteiger partial charge on any atom is 0.274 e. The fraction of sp³-hybridized carbons (Fsp3) is 0.615. The molecule has 0 aliphatic carbocycles. The average molecular weight is 261 g/mol. The van der Waals surface area contributed by atoms with Gasteiger partial charge in [0.25, 0.3) is 11.3 Å². The van der Waals surface area contributed by atoms with E-state index in [-0.39, 0.29) is 11.0 Å². The Bertz CT molecular complexity index is 658. The standard InChI is InChI=1S/C13H19N5O/c1-13(2,3)9-8-10(19)18-11(14-9)15-12(16-18)17-6-4-5-7-17/h8H,4-7H2,1-3H3,(H,14,15,16). The Morgan fingerprint density at radius 1 is 1.21 bits per heavy atom. The number of anilines is 1. The Morgan fingerprint density at radius 2 is 1.89 bits per heavy atom. The van der Waals surface area contributed by atoms with Crippen LogP contribution in [0.15, 0.2) is 10.9 Å². The first-order chi connectivity index (χ1) is 8.95. The number of nitrogens with one attached hydrogen (secondary N) is 1. The minimum Gasteiger partial charge on any atom is -0.341 e. The lowest BCUT2D eigenvalue weighted by molar-refractivity contribution is 0.566. The Hall–Kier alpha value is -1.85. The first kappa shape index (κ1) is 12.2. The summed E-state index contributed by atoms with van der Waals surface area (Å²) in [6.45, 7) is 8.10. The van der Waals surface area contributed by atoms with Crippen molar-refractivity contribution in [1.82, 2.24) is 19.6 Å². The van der Waals surface area contributed by atoms with Gasteiger partial charge in [-0.25, -0.2) is 4.98 Å². The van der Waals surface area contributed by atoms with Crippen molar-refractivity contribution >= 4 is 11.7 Å². The number of nitrogens with zero attached hydrogens (tertiary/aromatic N) is 4. The third kappa shape index (κ3) is 2.11. The molecular formula is C13H19N5O. The summed E-state index contributed by atoms with van der Waals surface area (Å²) in [5.74, 6) is 1.20. The molecular weight excluding hydrogens is 242 g/mol. The molecule has 0 radical (unpaired) electrons. The highest BCUT2D eigenvalue weighted by Gasteiger charge is 2.20. The van der Waals surface area contributed by atoms with Crippen LogP contribution in [0.5, 0.6) is 0 Å². The molecule has 0 saturated carbocycles. The molecule has 1 saturated heterocycles. The van der Waals surface area contributed by atoms with Crippen LogP contribution in [0, 0.1) is 0 Å². The van der Waals surface area contributed by atoms with Gasteiger partial charge in [0.2, 0.25) is 5.95 Å². The molecule has 6 nitrogen and oxygen atoms in total. The molecule has 0 aromatic carbocycles. The second-order valence-electron chi connectivity index (χ2n) is 6.11. The fourth-order valence-electron chi connectivity index (χ4n) is 2.32. The summed E-state index contributed by atoms with van der Waals surface area (Å²) in [5, 5.41) is 3.04. The van der Waals surface area contributed by atoms with Gasteiger partial charge in [-0.1, -0.05) is 20.8 Å². The van der Waals surface area contributed by atoms with Crippen molar-refractivity contribution in [3.05, 3.63) is 22.1 Å². The van der Waals surface area contributed by atoms with E-state index in [1.165, 1.54) is 17.4 Å². The summed E-state index contributed by atoms with van der Waals surface area (Å²) in [6, 6.07) is 1.58. The van der Waals surface area contributed by atoms with Crippen LogP contribution in [0.25, 0.3) is 5.78 Å². The number of aromatic nitrogens is 4. The minimum atomic E-state index is -0.152. The van der Waals surface area contributed by atoms with Crippen molar-refractivity contribution in [3.63, 3.8) is 0 Å². The van der Waals surface area contributed by atoms with E-state index in [9.17, 15) is 4.79 Å². The van der Waals surface area contributed by atoms with Crippen LogP contribution < -0.4 is 10.5 Å². The largest absolute Gasteiger partial charge is 0.341 e. The SMILES string of the molecule is CC(C)(C)c1cc(=O)n2[nH]c(N3CCCC3)nc2n1. The number of hydrogen-bond acceptors (Lipinski definition) is 4. The Morgan fingerprint density at radius 3 is 2.53 bits per heavy atom. The van der Waals surface area contributed by atoms with Crippen molar-refractivity contribution in [2.75, 3.05) is 18.0 Å². The molecule has 0 atom stereocenters. The summed E-state index contributed by atoms with van der Waals surface area (Å²) in [6.07, 6.45) is 2.35. The molecule has 19 heavy (non-hydrogen) atoms. The molecule has 0 amide bonds. The summed E-state index contributed by atoms with van der Waals surface area (Å²) in [5.41, 5.74) is 0.519. The van der Waals surface area contributed by atoms with Gasteiger partial charge in [0, 0.05) is 24.6 Å². The number of fused-ring (bicyclic) bond motifs is 1. The molecule has 1 N–H and O–H groups in total. The fourth-order valence-corrected chi connectivity index (χ4v) is 2.32. The number of aromatic amines is 1. The highest BCUT2D eigenvalue weighted by molar-refractivity contribution is 5.40. The van der Waals surface area contributed by atoms with Crippen molar-refractivity contribution in [2.24, 2.45) is 0 Å². The van der Waals surface area contributed by atoms with E-state index < -0.39 is 0 Å². The van der Waals surface area contributed by atoms with E-state index in [0.29, 0.717) is 5.78 Å². The monoisotopic (exact) mass is 261 g/mol. The van der Waals surface area contributed by atoms with E-state index in [4.69, 9.17) is 0 Å². The molecule has 6 heteroatoms. The zero-order valence-electron chi connectivity index (χ0n) is 11.6. The Balaban J connectivity index is 2.12. The number of rotatable bonds is 1. The molecule has 1 fully saturated rings. The van der Waals surface area contributed by atoms with Gasteiger partial charge in [-0.05, 0) is 12.8 Å². The number of hydrogen-bond donors (Lipinski definition) is 1. The van der Waals surface area contributed by atoms with Gasteiger partial charge >= 0.3 is 0 Å². The maximum absolute atomic E-state index is 12.1. The molecule has 102 valence electrons. The van der Waals surface area contributed by atoms with Crippen molar-refractivity contribution < 1.29 is 0 Å². The molecule has 0 bridgehead atoms. The smallest absolute Gasteiger partial charge is 0.274 e. The summed E-state index contributed by atoms with van der Waals surface area (Å²) < 4.78 is 1.42. The molecule has 3 rings (SSSR count). The van der Waals surface area contributed by atoms with Crippen LogP contribution >= 0.6 is 0 Å². The predicted molar refractivity (Wildman–Crippen MR) is 73.8 cm³/mol. The quantitative estimate of drug-likeness (QED) is 0.840. The third-order valence-corrected chi connectivity index (χ3v) is 3.49. The predicted octanol–water partition coefficient (Wildman–Crippen LogP) is 1.32. The lowest BCUT2D eigenvalue weighted by Crippen LogP contribution is -2.22. The minimum absolute atomic E-state index is 0.104.